The zero-order valence-electron chi connectivity index (χ0n) is 9.85. The quantitative estimate of drug-likeness (QED) is 0.731. The van der Waals surface area contributed by atoms with Gasteiger partial charge in [0.15, 0.2) is 0 Å². The van der Waals surface area contributed by atoms with Gasteiger partial charge in [0.2, 0.25) is 0 Å². The molecule has 0 amide bonds. The van der Waals surface area contributed by atoms with Gasteiger partial charge in [0.05, 0.1) is 36.3 Å². The molecule has 3 aromatic heterocycles. The number of rotatable bonds is 2. The Balaban J connectivity index is 2.09. The zero-order chi connectivity index (χ0) is 12.5. The van der Waals surface area contributed by atoms with Crippen molar-refractivity contribution in [3.05, 3.63) is 43.2 Å². The maximum absolute atomic E-state index is 5.58. The van der Waals surface area contributed by atoms with E-state index in [0.717, 1.165) is 16.9 Å². The number of imidazole rings is 1. The number of pyridine rings is 1. The maximum atomic E-state index is 5.58. The lowest BCUT2D eigenvalue weighted by Gasteiger charge is -2.06. The fourth-order valence-electron chi connectivity index (χ4n) is 1.81. The Morgan fingerprint density at radius 3 is 2.72 bits per heavy atom. The Morgan fingerprint density at radius 1 is 1.17 bits per heavy atom. The third-order valence-electron chi connectivity index (χ3n) is 2.69. The summed E-state index contributed by atoms with van der Waals surface area (Å²) >= 11 is 0. The Hall–Kier alpha value is -2.63. The van der Waals surface area contributed by atoms with Crippen LogP contribution in [0.3, 0.4) is 0 Å². The number of hydrogen-bond donors (Lipinski definition) is 1. The molecule has 3 aromatic rings. The summed E-state index contributed by atoms with van der Waals surface area (Å²) in [5, 5.41) is 4.16. The number of hydrogen-bond acceptors (Lipinski definition) is 4. The summed E-state index contributed by atoms with van der Waals surface area (Å²) in [6.07, 6.45) is 9.01. The van der Waals surface area contributed by atoms with Gasteiger partial charge in [-0.15, -0.1) is 0 Å². The van der Waals surface area contributed by atoms with Crippen molar-refractivity contribution in [1.29, 1.82) is 0 Å². The first-order valence-electron chi connectivity index (χ1n) is 5.47. The molecule has 0 radical (unpaired) electrons. The van der Waals surface area contributed by atoms with Crippen molar-refractivity contribution < 1.29 is 0 Å². The van der Waals surface area contributed by atoms with Gasteiger partial charge in [-0.3, -0.25) is 9.25 Å². The van der Waals surface area contributed by atoms with Crippen molar-refractivity contribution in [1.82, 2.24) is 24.3 Å². The molecule has 0 fully saturated rings. The van der Waals surface area contributed by atoms with E-state index in [1.807, 2.05) is 23.9 Å². The van der Waals surface area contributed by atoms with Crippen molar-refractivity contribution in [3.8, 4) is 16.9 Å². The Bertz CT molecular complexity index is 664. The summed E-state index contributed by atoms with van der Waals surface area (Å²) in [6, 6.07) is 3.67. The molecule has 3 rings (SSSR count). The first kappa shape index (κ1) is 10.5. The first-order valence-corrected chi connectivity index (χ1v) is 5.47. The van der Waals surface area contributed by atoms with Crippen LogP contribution in [0.15, 0.2) is 43.2 Å². The van der Waals surface area contributed by atoms with E-state index in [0.29, 0.717) is 5.82 Å². The van der Waals surface area contributed by atoms with Crippen LogP contribution in [0.1, 0.15) is 0 Å². The lowest BCUT2D eigenvalue weighted by Crippen LogP contribution is -1.97. The van der Waals surface area contributed by atoms with Crippen LogP contribution in [-0.2, 0) is 7.05 Å². The number of aryl methyl sites for hydroxylation is 1. The van der Waals surface area contributed by atoms with Gasteiger partial charge in [-0.25, -0.2) is 9.97 Å². The third-order valence-corrected chi connectivity index (χ3v) is 2.69. The molecule has 0 bridgehead atoms. The Kier molecular flexibility index (Phi) is 2.33. The van der Waals surface area contributed by atoms with E-state index in [-0.39, 0.29) is 0 Å². The monoisotopic (exact) mass is 240 g/mol. The summed E-state index contributed by atoms with van der Waals surface area (Å²) in [5.41, 5.74) is 8.47. The molecule has 18 heavy (non-hydrogen) atoms. The predicted octanol–water partition coefficient (Wildman–Crippen LogP) is 1.25. The van der Waals surface area contributed by atoms with E-state index < -0.39 is 0 Å². The average Bonchev–Trinajstić information content (AvgIpc) is 2.98. The number of anilines is 1. The highest BCUT2D eigenvalue weighted by Gasteiger charge is 2.08. The van der Waals surface area contributed by atoms with E-state index >= 15 is 0 Å². The topological polar surface area (TPSA) is 74.5 Å². The second-order valence-corrected chi connectivity index (χ2v) is 3.99. The van der Waals surface area contributed by atoms with Crippen LogP contribution >= 0.6 is 0 Å². The minimum Gasteiger partial charge on any atom is -0.384 e. The molecule has 0 saturated carbocycles. The molecular formula is C12H12N6. The summed E-state index contributed by atoms with van der Waals surface area (Å²) in [7, 11) is 1.88. The lowest BCUT2D eigenvalue weighted by atomic mass is 10.2. The Morgan fingerprint density at radius 2 is 2.06 bits per heavy atom. The molecule has 0 saturated heterocycles. The van der Waals surface area contributed by atoms with E-state index in [4.69, 9.17) is 5.73 Å². The molecule has 0 aromatic carbocycles. The molecular weight excluding hydrogens is 228 g/mol. The smallest absolute Gasteiger partial charge is 0.123 e. The van der Waals surface area contributed by atoms with Crippen LogP contribution in [0.2, 0.25) is 0 Å². The predicted molar refractivity (Wildman–Crippen MR) is 68.0 cm³/mol. The van der Waals surface area contributed by atoms with Gasteiger partial charge in [0, 0.05) is 18.8 Å². The molecule has 6 heteroatoms. The maximum Gasteiger partial charge on any atom is 0.123 e. The number of nitrogens with two attached hydrogens (primary N) is 1. The third kappa shape index (κ3) is 1.73. The molecule has 6 nitrogen and oxygen atoms in total. The van der Waals surface area contributed by atoms with Crippen LogP contribution in [0.4, 0.5) is 5.82 Å². The van der Waals surface area contributed by atoms with Crippen LogP contribution in [0.5, 0.6) is 0 Å². The summed E-state index contributed by atoms with van der Waals surface area (Å²) in [5.74, 6) is 0.502. The Labute approximate surface area is 104 Å². The largest absolute Gasteiger partial charge is 0.384 e. The zero-order valence-corrected chi connectivity index (χ0v) is 9.85. The fourth-order valence-corrected chi connectivity index (χ4v) is 1.81. The summed E-state index contributed by atoms with van der Waals surface area (Å²) in [6.45, 7) is 0. The first-order chi connectivity index (χ1) is 8.74. The van der Waals surface area contributed by atoms with Gasteiger partial charge in [-0.1, -0.05) is 0 Å². The molecule has 0 aliphatic heterocycles. The van der Waals surface area contributed by atoms with Crippen molar-refractivity contribution in [2.75, 3.05) is 5.73 Å². The number of aromatic nitrogens is 5. The lowest BCUT2D eigenvalue weighted by molar-refractivity contribution is 0.768. The second-order valence-electron chi connectivity index (χ2n) is 3.99. The van der Waals surface area contributed by atoms with Crippen LogP contribution in [0, 0.1) is 0 Å². The highest BCUT2D eigenvalue weighted by molar-refractivity contribution is 5.60. The molecule has 3 heterocycles. The van der Waals surface area contributed by atoms with Gasteiger partial charge in [0.1, 0.15) is 5.82 Å². The molecule has 0 aliphatic rings. The fraction of sp³-hybridized carbons (Fsp3) is 0.0833. The van der Waals surface area contributed by atoms with E-state index in [1.54, 1.807) is 35.7 Å². The second kappa shape index (κ2) is 3.99. The van der Waals surface area contributed by atoms with Crippen LogP contribution in [-0.4, -0.2) is 24.3 Å². The molecule has 0 spiro atoms. The van der Waals surface area contributed by atoms with E-state index in [9.17, 15) is 0 Å². The van der Waals surface area contributed by atoms with Gasteiger partial charge < -0.3 is 5.73 Å². The molecule has 90 valence electrons. The normalized spacial score (nSPS) is 10.7. The van der Waals surface area contributed by atoms with E-state index in [2.05, 4.69) is 15.1 Å². The average molecular weight is 240 g/mol. The SMILES string of the molecule is Cn1cc(-c2cncn2-c2ccc(N)nc2)cn1. The van der Waals surface area contributed by atoms with Crippen molar-refractivity contribution >= 4 is 5.82 Å². The number of nitrogen functional groups attached to an aromatic ring is 1. The standard InChI is InChI=1S/C12H12N6/c1-17-7-9(4-16-17)11-6-14-8-18(11)10-2-3-12(13)15-5-10/h2-8H,1H3,(H2,13,15). The van der Waals surface area contributed by atoms with Crippen molar-refractivity contribution in [3.63, 3.8) is 0 Å². The van der Waals surface area contributed by atoms with Gasteiger partial charge in [-0.2, -0.15) is 5.10 Å². The van der Waals surface area contributed by atoms with E-state index in [1.165, 1.54) is 0 Å². The van der Waals surface area contributed by atoms with Crippen molar-refractivity contribution in [2.24, 2.45) is 7.05 Å². The molecule has 0 unspecified atom stereocenters. The van der Waals surface area contributed by atoms with Gasteiger partial charge in [-0.05, 0) is 12.1 Å². The van der Waals surface area contributed by atoms with Gasteiger partial charge >= 0.3 is 0 Å². The molecule has 2 N–H and O–H groups in total. The minimum absolute atomic E-state index is 0.502. The highest BCUT2D eigenvalue weighted by atomic mass is 15.2. The van der Waals surface area contributed by atoms with Gasteiger partial charge in [0.25, 0.3) is 0 Å². The van der Waals surface area contributed by atoms with Crippen LogP contribution < -0.4 is 5.73 Å². The van der Waals surface area contributed by atoms with Crippen LogP contribution in [0.25, 0.3) is 16.9 Å². The highest BCUT2D eigenvalue weighted by Crippen LogP contribution is 2.21. The van der Waals surface area contributed by atoms with Crippen molar-refractivity contribution in [2.45, 2.75) is 0 Å². The molecule has 0 atom stereocenters. The summed E-state index contributed by atoms with van der Waals surface area (Å²) < 4.78 is 3.71. The summed E-state index contributed by atoms with van der Waals surface area (Å²) in [4.78, 5) is 8.26. The number of nitrogens with zero attached hydrogens (tertiary/aromatic N) is 5. The molecule has 0 aliphatic carbocycles. The minimum atomic E-state index is 0.502.